The molecule has 1 aliphatic rings. The third-order valence-electron chi connectivity index (χ3n) is 5.40. The van der Waals surface area contributed by atoms with Crippen LogP contribution >= 0.6 is 0 Å². The van der Waals surface area contributed by atoms with Crippen molar-refractivity contribution in [2.45, 2.75) is 6.04 Å². The molecule has 2 aromatic carbocycles. The smallest absolute Gasteiger partial charge is 0.169 e. The molecule has 7 heteroatoms. The Morgan fingerprint density at radius 2 is 1.43 bits per heavy atom. The molecule has 1 aliphatic heterocycles. The molecule has 0 amide bonds. The van der Waals surface area contributed by atoms with Gasteiger partial charge in [-0.1, -0.05) is 60.7 Å². The molecule has 7 nitrogen and oxygen atoms in total. The van der Waals surface area contributed by atoms with Crippen LogP contribution in [-0.2, 0) is 0 Å². The van der Waals surface area contributed by atoms with E-state index < -0.39 is 0 Å². The molecule has 0 bridgehead atoms. The van der Waals surface area contributed by atoms with Crippen molar-refractivity contribution in [2.75, 3.05) is 56.3 Å². The van der Waals surface area contributed by atoms with Crippen LogP contribution in [-0.4, -0.2) is 60.2 Å². The van der Waals surface area contributed by atoms with Gasteiger partial charge in [-0.15, -0.1) is 0 Å². The number of nitrogen functional groups attached to an aromatic ring is 1. The van der Waals surface area contributed by atoms with Gasteiger partial charge in [-0.05, 0) is 11.1 Å². The second-order valence-corrected chi connectivity index (χ2v) is 7.71. The maximum absolute atomic E-state index is 6.37. The van der Waals surface area contributed by atoms with Crippen LogP contribution in [0.2, 0.25) is 0 Å². The number of hydrogen-bond donors (Lipinski definition) is 2. The number of hydrazine groups is 1. The first-order valence-corrected chi connectivity index (χ1v) is 10.3. The van der Waals surface area contributed by atoms with E-state index in [0.29, 0.717) is 11.5 Å². The zero-order chi connectivity index (χ0) is 20.9. The number of nitrogens with two attached hydrogens (primary N) is 1. The van der Waals surface area contributed by atoms with E-state index in [1.807, 2.05) is 19.1 Å². The number of anilines is 3. The van der Waals surface area contributed by atoms with Crippen LogP contribution in [0.4, 0.5) is 17.3 Å². The molecule has 1 fully saturated rings. The van der Waals surface area contributed by atoms with E-state index >= 15 is 0 Å². The maximum Gasteiger partial charge on any atom is 0.169 e. The second-order valence-electron chi connectivity index (χ2n) is 7.71. The van der Waals surface area contributed by atoms with Gasteiger partial charge in [0.1, 0.15) is 12.0 Å². The minimum atomic E-state index is 0.239. The summed E-state index contributed by atoms with van der Waals surface area (Å²) >= 11 is 0. The minimum absolute atomic E-state index is 0.239. The highest BCUT2D eigenvalue weighted by Gasteiger charge is 2.28. The van der Waals surface area contributed by atoms with Gasteiger partial charge in [-0.2, -0.15) is 0 Å². The zero-order valence-corrected chi connectivity index (χ0v) is 17.6. The van der Waals surface area contributed by atoms with Crippen LogP contribution in [0.3, 0.4) is 0 Å². The molecule has 0 radical (unpaired) electrons. The van der Waals surface area contributed by atoms with E-state index in [4.69, 9.17) is 5.73 Å². The summed E-state index contributed by atoms with van der Waals surface area (Å²) in [5.74, 6) is 1.43. The quantitative estimate of drug-likeness (QED) is 0.613. The SMILES string of the molecule is CN(C)Nc1ncnc(N2CCN(C(c3ccccc3)c3ccccc3)CC2)c1N. The van der Waals surface area contributed by atoms with E-state index in [2.05, 4.69) is 85.9 Å². The van der Waals surface area contributed by atoms with Crippen molar-refractivity contribution in [2.24, 2.45) is 0 Å². The van der Waals surface area contributed by atoms with Gasteiger partial charge in [-0.25, -0.2) is 15.0 Å². The van der Waals surface area contributed by atoms with E-state index in [0.717, 1.165) is 32.0 Å². The molecular weight excluding hydrogens is 374 g/mol. The third-order valence-corrected chi connectivity index (χ3v) is 5.40. The van der Waals surface area contributed by atoms with E-state index in [9.17, 15) is 0 Å². The van der Waals surface area contributed by atoms with Gasteiger partial charge < -0.3 is 16.1 Å². The molecule has 2 heterocycles. The van der Waals surface area contributed by atoms with Gasteiger partial charge in [0.2, 0.25) is 0 Å². The van der Waals surface area contributed by atoms with Crippen LogP contribution in [0, 0.1) is 0 Å². The molecule has 4 rings (SSSR count). The number of hydrogen-bond acceptors (Lipinski definition) is 7. The Bertz CT molecular complexity index is 899. The summed E-state index contributed by atoms with van der Waals surface area (Å²) in [7, 11) is 3.82. The van der Waals surface area contributed by atoms with E-state index in [1.54, 1.807) is 6.33 Å². The lowest BCUT2D eigenvalue weighted by molar-refractivity contribution is 0.212. The van der Waals surface area contributed by atoms with Gasteiger partial charge in [-0.3, -0.25) is 4.90 Å². The van der Waals surface area contributed by atoms with Crippen molar-refractivity contribution < 1.29 is 0 Å². The maximum atomic E-state index is 6.37. The molecule has 0 spiro atoms. The number of piperazine rings is 1. The standard InChI is InChI=1S/C23H29N7/c1-28(2)27-22-20(24)23(26-17-25-22)30-15-13-29(14-16-30)21(18-9-5-3-6-10-18)19-11-7-4-8-12-19/h3-12,17,21H,13-16,24H2,1-2H3,(H,25,26,27). The first kappa shape index (κ1) is 20.1. The molecule has 1 saturated heterocycles. The normalized spacial score (nSPS) is 15.0. The monoisotopic (exact) mass is 403 g/mol. The number of nitrogens with one attached hydrogen (secondary N) is 1. The van der Waals surface area contributed by atoms with Gasteiger partial charge in [0, 0.05) is 40.3 Å². The topological polar surface area (TPSA) is 73.5 Å². The summed E-state index contributed by atoms with van der Waals surface area (Å²) < 4.78 is 0. The summed E-state index contributed by atoms with van der Waals surface area (Å²) in [6.45, 7) is 3.57. The fourth-order valence-corrected chi connectivity index (χ4v) is 4.02. The lowest BCUT2D eigenvalue weighted by atomic mass is 9.96. The first-order chi connectivity index (χ1) is 14.6. The van der Waals surface area contributed by atoms with Crippen molar-refractivity contribution >= 4 is 17.3 Å². The predicted octanol–water partition coefficient (Wildman–Crippen LogP) is 2.86. The number of rotatable bonds is 6. The third kappa shape index (κ3) is 4.37. The van der Waals surface area contributed by atoms with Crippen LogP contribution in [0.15, 0.2) is 67.0 Å². The van der Waals surface area contributed by atoms with Crippen LogP contribution in [0.1, 0.15) is 17.2 Å². The molecule has 0 unspecified atom stereocenters. The van der Waals surface area contributed by atoms with Crippen molar-refractivity contribution in [1.29, 1.82) is 0 Å². The van der Waals surface area contributed by atoms with E-state index in [-0.39, 0.29) is 6.04 Å². The van der Waals surface area contributed by atoms with Crippen LogP contribution in [0.25, 0.3) is 0 Å². The van der Waals surface area contributed by atoms with E-state index in [1.165, 1.54) is 11.1 Å². The van der Waals surface area contributed by atoms with Crippen molar-refractivity contribution in [1.82, 2.24) is 19.9 Å². The average Bonchev–Trinajstić information content (AvgIpc) is 2.77. The molecule has 0 saturated carbocycles. The van der Waals surface area contributed by atoms with Gasteiger partial charge in [0.25, 0.3) is 0 Å². The number of nitrogens with zero attached hydrogens (tertiary/aromatic N) is 5. The predicted molar refractivity (Wildman–Crippen MR) is 122 cm³/mol. The van der Waals surface area contributed by atoms with Gasteiger partial charge in [0.05, 0.1) is 6.04 Å². The Hall–Kier alpha value is -3.16. The fourth-order valence-electron chi connectivity index (χ4n) is 4.02. The summed E-state index contributed by atoms with van der Waals surface area (Å²) in [6.07, 6.45) is 1.57. The van der Waals surface area contributed by atoms with Gasteiger partial charge in [0.15, 0.2) is 11.6 Å². The fraction of sp³-hybridized carbons (Fsp3) is 0.304. The average molecular weight is 404 g/mol. The minimum Gasteiger partial charge on any atom is -0.393 e. The highest BCUT2D eigenvalue weighted by atomic mass is 15.5. The summed E-state index contributed by atoms with van der Waals surface area (Å²) in [5.41, 5.74) is 12.7. The second kappa shape index (κ2) is 9.11. The summed E-state index contributed by atoms with van der Waals surface area (Å²) in [5, 5.41) is 1.82. The molecule has 1 aromatic heterocycles. The Morgan fingerprint density at radius 1 is 0.867 bits per heavy atom. The lowest BCUT2D eigenvalue weighted by Gasteiger charge is -2.40. The summed E-state index contributed by atoms with van der Waals surface area (Å²) in [6, 6.07) is 21.7. The van der Waals surface area contributed by atoms with Crippen molar-refractivity contribution in [3.8, 4) is 0 Å². The largest absolute Gasteiger partial charge is 0.393 e. The number of aromatic nitrogens is 2. The first-order valence-electron chi connectivity index (χ1n) is 10.3. The Kier molecular flexibility index (Phi) is 6.11. The van der Waals surface area contributed by atoms with Crippen molar-refractivity contribution in [3.05, 3.63) is 78.1 Å². The Labute approximate surface area is 178 Å². The highest BCUT2D eigenvalue weighted by Crippen LogP contribution is 2.32. The van der Waals surface area contributed by atoms with Crippen LogP contribution < -0.4 is 16.1 Å². The Morgan fingerprint density at radius 3 is 1.97 bits per heavy atom. The molecule has 3 N–H and O–H groups in total. The van der Waals surface area contributed by atoms with Crippen molar-refractivity contribution in [3.63, 3.8) is 0 Å². The summed E-state index contributed by atoms with van der Waals surface area (Å²) in [4.78, 5) is 13.5. The molecule has 0 atom stereocenters. The molecule has 30 heavy (non-hydrogen) atoms. The van der Waals surface area contributed by atoms with Gasteiger partial charge >= 0.3 is 0 Å². The molecular formula is C23H29N7. The molecule has 0 aliphatic carbocycles. The molecule has 156 valence electrons. The zero-order valence-electron chi connectivity index (χ0n) is 17.6. The highest BCUT2D eigenvalue weighted by molar-refractivity contribution is 5.74. The number of benzene rings is 2. The Balaban J connectivity index is 1.53. The molecule has 3 aromatic rings. The lowest BCUT2D eigenvalue weighted by Crippen LogP contribution is -2.48. The van der Waals surface area contributed by atoms with Crippen LogP contribution in [0.5, 0.6) is 0 Å².